The van der Waals surface area contributed by atoms with Gasteiger partial charge in [-0.25, -0.2) is 4.98 Å². The molecule has 2 aromatic rings. The molecule has 1 heterocycles. The number of anilines is 2. The summed E-state index contributed by atoms with van der Waals surface area (Å²) < 4.78 is 4.92. The molecule has 8 heteroatoms. The van der Waals surface area contributed by atoms with Crippen LogP contribution in [-0.2, 0) is 25.5 Å². The number of ether oxygens (including phenoxy) is 1. The summed E-state index contributed by atoms with van der Waals surface area (Å²) in [6.07, 6.45) is 0.0447. The van der Waals surface area contributed by atoms with Crippen LogP contribution in [0.1, 0.15) is 17.6 Å². The highest BCUT2D eigenvalue weighted by Gasteiger charge is 2.10. The number of carbonyl (C=O) groups excluding carboxylic acids is 3. The van der Waals surface area contributed by atoms with E-state index in [-0.39, 0.29) is 18.9 Å². The predicted octanol–water partition coefficient (Wildman–Crippen LogP) is 2.13. The van der Waals surface area contributed by atoms with E-state index in [4.69, 9.17) is 4.74 Å². The second-order valence-corrected chi connectivity index (χ2v) is 6.06. The van der Waals surface area contributed by atoms with Gasteiger partial charge in [-0.3, -0.25) is 14.4 Å². The molecule has 0 fully saturated rings. The molecule has 0 aliphatic heterocycles. The lowest BCUT2D eigenvalue weighted by Gasteiger charge is -2.07. The van der Waals surface area contributed by atoms with Crippen LogP contribution in [0.3, 0.4) is 0 Å². The first-order chi connectivity index (χ1) is 11.4. The Kier molecular flexibility index (Phi) is 6.02. The summed E-state index contributed by atoms with van der Waals surface area (Å²) in [6.45, 7) is 2.90. The first-order valence-electron chi connectivity index (χ1n) is 7.16. The molecule has 1 aromatic carbocycles. The molecule has 7 nitrogen and oxygen atoms in total. The molecule has 1 aromatic heterocycles. The maximum Gasteiger partial charge on any atom is 0.312 e. The van der Waals surface area contributed by atoms with E-state index >= 15 is 0 Å². The van der Waals surface area contributed by atoms with Crippen molar-refractivity contribution < 1.29 is 19.1 Å². The monoisotopic (exact) mass is 347 g/mol. The van der Waals surface area contributed by atoms with Crippen molar-refractivity contribution in [3.63, 3.8) is 0 Å². The molecule has 0 bridgehead atoms. The normalized spacial score (nSPS) is 10.1. The summed E-state index contributed by atoms with van der Waals surface area (Å²) in [6, 6.07) is 6.60. The van der Waals surface area contributed by atoms with Crippen molar-refractivity contribution in [1.82, 2.24) is 4.98 Å². The van der Waals surface area contributed by atoms with Gasteiger partial charge >= 0.3 is 5.97 Å². The molecule has 0 saturated heterocycles. The average molecular weight is 347 g/mol. The number of thiazole rings is 1. The van der Waals surface area contributed by atoms with Crippen LogP contribution >= 0.6 is 11.3 Å². The van der Waals surface area contributed by atoms with Gasteiger partial charge in [0.1, 0.15) is 0 Å². The van der Waals surface area contributed by atoms with Crippen molar-refractivity contribution in [2.75, 3.05) is 17.2 Å². The van der Waals surface area contributed by atoms with Crippen LogP contribution in [0.2, 0.25) is 0 Å². The number of esters is 1. The second-order valence-electron chi connectivity index (χ2n) is 5.00. The lowest BCUT2D eigenvalue weighted by atomic mass is 10.2. The number of nitrogens with one attached hydrogen (secondary N) is 2. The highest BCUT2D eigenvalue weighted by atomic mass is 32.1. The smallest absolute Gasteiger partial charge is 0.312 e. The molecule has 0 atom stereocenters. The van der Waals surface area contributed by atoms with Crippen LogP contribution in [-0.4, -0.2) is 29.4 Å². The van der Waals surface area contributed by atoms with Gasteiger partial charge in [-0.15, -0.1) is 11.3 Å². The Hall–Kier alpha value is -2.74. The van der Waals surface area contributed by atoms with Crippen molar-refractivity contribution in [2.24, 2.45) is 0 Å². The van der Waals surface area contributed by atoms with Crippen LogP contribution in [0.4, 0.5) is 11.4 Å². The van der Waals surface area contributed by atoms with Crippen LogP contribution in [0.25, 0.3) is 0 Å². The molecule has 2 amide bonds. The van der Waals surface area contributed by atoms with Crippen LogP contribution in [0.15, 0.2) is 29.6 Å². The Bertz CT molecular complexity index is 740. The third-order valence-electron chi connectivity index (χ3n) is 2.85. The van der Waals surface area contributed by atoms with Gasteiger partial charge in [0.2, 0.25) is 5.91 Å². The Balaban J connectivity index is 1.76. The molecule has 0 aliphatic rings. The van der Waals surface area contributed by atoms with Gasteiger partial charge in [-0.2, -0.15) is 0 Å². The fraction of sp³-hybridized carbons (Fsp3) is 0.250. The van der Waals surface area contributed by atoms with E-state index in [0.717, 1.165) is 5.01 Å². The Morgan fingerprint density at radius 1 is 1.12 bits per heavy atom. The van der Waals surface area contributed by atoms with Gasteiger partial charge in [-0.05, 0) is 31.2 Å². The SMILES string of the molecule is CC(=O)Nc1ccc(NC(=O)COC(=O)Cc2csc(C)n2)cc1. The summed E-state index contributed by atoms with van der Waals surface area (Å²) >= 11 is 1.45. The average Bonchev–Trinajstić information content (AvgIpc) is 2.92. The first-order valence-corrected chi connectivity index (χ1v) is 8.04. The minimum absolute atomic E-state index is 0.0447. The molecule has 0 saturated carbocycles. The zero-order chi connectivity index (χ0) is 17.5. The van der Waals surface area contributed by atoms with Crippen LogP contribution in [0.5, 0.6) is 0 Å². The number of hydrogen-bond acceptors (Lipinski definition) is 6. The minimum Gasteiger partial charge on any atom is -0.455 e. The molecular formula is C16H17N3O4S. The summed E-state index contributed by atoms with van der Waals surface area (Å²) in [5, 5.41) is 7.89. The summed E-state index contributed by atoms with van der Waals surface area (Å²) in [5.41, 5.74) is 1.81. The number of hydrogen-bond donors (Lipinski definition) is 2. The van der Waals surface area contributed by atoms with Crippen molar-refractivity contribution in [3.05, 3.63) is 40.3 Å². The molecule has 0 aliphatic carbocycles. The largest absolute Gasteiger partial charge is 0.455 e. The molecule has 126 valence electrons. The van der Waals surface area contributed by atoms with E-state index in [0.29, 0.717) is 17.1 Å². The van der Waals surface area contributed by atoms with Crippen molar-refractivity contribution in [2.45, 2.75) is 20.3 Å². The van der Waals surface area contributed by atoms with Gasteiger partial charge in [0.25, 0.3) is 5.91 Å². The Labute approximate surface area is 143 Å². The summed E-state index contributed by atoms with van der Waals surface area (Å²) in [4.78, 5) is 38.5. The second kappa shape index (κ2) is 8.21. The molecule has 24 heavy (non-hydrogen) atoms. The zero-order valence-corrected chi connectivity index (χ0v) is 14.1. The van der Waals surface area contributed by atoms with Gasteiger partial charge in [0.05, 0.1) is 17.1 Å². The van der Waals surface area contributed by atoms with E-state index in [1.54, 1.807) is 29.6 Å². The van der Waals surface area contributed by atoms with E-state index in [1.807, 2.05) is 6.92 Å². The van der Waals surface area contributed by atoms with Crippen molar-refractivity contribution in [3.8, 4) is 0 Å². The fourth-order valence-electron chi connectivity index (χ4n) is 1.87. The summed E-state index contributed by atoms with van der Waals surface area (Å²) in [7, 11) is 0. The number of benzene rings is 1. The molecule has 0 unspecified atom stereocenters. The number of aryl methyl sites for hydroxylation is 1. The first kappa shape index (κ1) is 17.6. The number of rotatable bonds is 6. The predicted molar refractivity (Wildman–Crippen MR) is 90.9 cm³/mol. The molecule has 2 N–H and O–H groups in total. The number of nitrogens with zero attached hydrogens (tertiary/aromatic N) is 1. The van der Waals surface area contributed by atoms with Gasteiger partial charge in [0.15, 0.2) is 6.61 Å². The lowest BCUT2D eigenvalue weighted by molar-refractivity contribution is -0.146. The van der Waals surface area contributed by atoms with E-state index in [1.165, 1.54) is 18.3 Å². The molecular weight excluding hydrogens is 330 g/mol. The van der Waals surface area contributed by atoms with Gasteiger partial charge < -0.3 is 15.4 Å². The van der Waals surface area contributed by atoms with E-state index in [9.17, 15) is 14.4 Å². The molecule has 0 spiro atoms. The highest BCUT2D eigenvalue weighted by Crippen LogP contribution is 2.13. The van der Waals surface area contributed by atoms with E-state index < -0.39 is 11.9 Å². The van der Waals surface area contributed by atoms with Gasteiger partial charge in [-0.1, -0.05) is 0 Å². The number of aromatic nitrogens is 1. The standard InChI is InChI=1S/C16H17N3O4S/c1-10(20)17-12-3-5-13(6-4-12)19-15(21)8-23-16(22)7-14-9-24-11(2)18-14/h3-6,9H,7-8H2,1-2H3,(H,17,20)(H,19,21). The third-order valence-corrected chi connectivity index (χ3v) is 3.67. The highest BCUT2D eigenvalue weighted by molar-refractivity contribution is 7.09. The maximum atomic E-state index is 11.8. The van der Waals surface area contributed by atoms with E-state index in [2.05, 4.69) is 15.6 Å². The van der Waals surface area contributed by atoms with Crippen LogP contribution < -0.4 is 10.6 Å². The fourth-order valence-corrected chi connectivity index (χ4v) is 2.48. The summed E-state index contributed by atoms with van der Waals surface area (Å²) in [5.74, 6) is -1.12. The Morgan fingerprint density at radius 2 is 1.75 bits per heavy atom. The topological polar surface area (TPSA) is 97.4 Å². The number of amides is 2. The zero-order valence-electron chi connectivity index (χ0n) is 13.3. The van der Waals surface area contributed by atoms with Gasteiger partial charge in [0, 0.05) is 23.7 Å². The number of carbonyl (C=O) groups is 3. The maximum absolute atomic E-state index is 11.8. The quantitative estimate of drug-likeness (QED) is 0.780. The van der Waals surface area contributed by atoms with Crippen molar-refractivity contribution in [1.29, 1.82) is 0 Å². The third kappa shape index (κ3) is 5.81. The molecule has 0 radical (unpaired) electrons. The Morgan fingerprint density at radius 3 is 2.29 bits per heavy atom. The molecule has 2 rings (SSSR count). The lowest BCUT2D eigenvalue weighted by Crippen LogP contribution is -2.21. The van der Waals surface area contributed by atoms with Crippen LogP contribution in [0, 0.1) is 6.92 Å². The van der Waals surface area contributed by atoms with Crippen molar-refractivity contribution >= 4 is 40.5 Å². The minimum atomic E-state index is -0.503.